The van der Waals surface area contributed by atoms with E-state index >= 15 is 0 Å². The molecule has 0 radical (unpaired) electrons. The van der Waals surface area contributed by atoms with E-state index in [1.807, 2.05) is 0 Å². The van der Waals surface area contributed by atoms with Crippen LogP contribution in [0.2, 0.25) is 0 Å². The first-order valence-corrected chi connectivity index (χ1v) is 5.04. The lowest BCUT2D eigenvalue weighted by atomic mass is 10.4. The minimum atomic E-state index is -0.436. The van der Waals surface area contributed by atoms with E-state index in [4.69, 9.17) is 11.6 Å². The van der Waals surface area contributed by atoms with Crippen molar-refractivity contribution in [3.63, 3.8) is 0 Å². The van der Waals surface area contributed by atoms with Crippen molar-refractivity contribution in [1.29, 1.82) is 0 Å². The first-order chi connectivity index (χ1) is 4.61. The quantitative estimate of drug-likeness (QED) is 0.724. The fraction of sp³-hybridized carbons (Fsp3) is 0. The summed E-state index contributed by atoms with van der Waals surface area (Å²) in [6.45, 7) is 0. The molecule has 0 amide bonds. The zero-order chi connectivity index (χ0) is 7.72. The summed E-state index contributed by atoms with van der Waals surface area (Å²) >= 11 is 13.1. The molecule has 0 bridgehead atoms. The third-order valence-electron chi connectivity index (χ3n) is 0.868. The van der Waals surface area contributed by atoms with Crippen molar-refractivity contribution in [3.8, 4) is 0 Å². The molecule has 1 aromatic heterocycles. The Labute approximate surface area is 83.6 Å². The van der Waals surface area contributed by atoms with Crippen LogP contribution in [0.25, 0.3) is 0 Å². The Morgan fingerprint density at radius 1 is 1.60 bits per heavy atom. The monoisotopic (exact) mass is 302 g/mol. The molecule has 1 nitrogen and oxygen atoms in total. The molecule has 0 aliphatic carbocycles. The van der Waals surface area contributed by atoms with Crippen LogP contribution in [-0.4, -0.2) is 5.24 Å². The summed E-state index contributed by atoms with van der Waals surface area (Å²) in [6.07, 6.45) is 0. The summed E-state index contributed by atoms with van der Waals surface area (Å²) in [5.74, 6) is 0. The molecule has 0 saturated heterocycles. The molecule has 0 aromatic carbocycles. The van der Waals surface area contributed by atoms with Gasteiger partial charge in [0.2, 0.25) is 0 Å². The topological polar surface area (TPSA) is 17.1 Å². The third kappa shape index (κ3) is 1.81. The molecule has 1 heterocycles. The van der Waals surface area contributed by atoms with Gasteiger partial charge in [0.05, 0.1) is 13.1 Å². The van der Waals surface area contributed by atoms with Gasteiger partial charge < -0.3 is 0 Å². The minimum absolute atomic E-state index is 0.436. The Kier molecular flexibility index (Phi) is 2.91. The lowest BCUT2D eigenvalue weighted by Gasteiger charge is -1.83. The summed E-state index contributed by atoms with van der Waals surface area (Å²) in [7, 11) is 0. The average Bonchev–Trinajstić information content (AvgIpc) is 2.10. The first kappa shape index (κ1) is 8.71. The highest BCUT2D eigenvalue weighted by atomic mass is 79.9. The van der Waals surface area contributed by atoms with Gasteiger partial charge in [-0.3, -0.25) is 4.79 Å². The van der Waals surface area contributed by atoms with Crippen LogP contribution in [-0.2, 0) is 0 Å². The number of rotatable bonds is 1. The van der Waals surface area contributed by atoms with Crippen LogP contribution >= 0.6 is 54.8 Å². The van der Waals surface area contributed by atoms with E-state index in [9.17, 15) is 4.79 Å². The smallest absolute Gasteiger partial charge is 0.254 e. The Morgan fingerprint density at radius 3 is 2.40 bits per heavy atom. The molecule has 1 rings (SSSR count). The van der Waals surface area contributed by atoms with Crippen LogP contribution in [0.5, 0.6) is 0 Å². The Morgan fingerprint density at radius 2 is 2.20 bits per heavy atom. The van der Waals surface area contributed by atoms with Gasteiger partial charge in [0.15, 0.2) is 0 Å². The second kappa shape index (κ2) is 3.34. The normalized spacial score (nSPS) is 9.90. The van der Waals surface area contributed by atoms with Crippen LogP contribution < -0.4 is 0 Å². The van der Waals surface area contributed by atoms with Crippen LogP contribution in [0.3, 0.4) is 0 Å². The molecule has 54 valence electrons. The predicted octanol–water partition coefficient (Wildman–Crippen LogP) is 3.65. The Bertz CT molecular complexity index is 271. The molecule has 10 heavy (non-hydrogen) atoms. The molecule has 0 unspecified atom stereocenters. The van der Waals surface area contributed by atoms with Crippen LogP contribution in [0, 0.1) is 0 Å². The second-order valence-electron chi connectivity index (χ2n) is 1.51. The highest BCUT2D eigenvalue weighted by Crippen LogP contribution is 2.32. The van der Waals surface area contributed by atoms with Gasteiger partial charge in [-0.25, -0.2) is 0 Å². The molecular formula is C5HBr2ClOS. The van der Waals surface area contributed by atoms with Crippen LogP contribution in [0.15, 0.2) is 13.6 Å². The standard InChI is InChI=1S/C5HBr2ClOS/c6-3-1-2(5(8)9)4(7)10-3/h1H. The number of thiophene rings is 1. The summed E-state index contributed by atoms with van der Waals surface area (Å²) in [5.41, 5.74) is 0.513. The summed E-state index contributed by atoms with van der Waals surface area (Å²) in [6, 6.07) is 1.68. The van der Waals surface area contributed by atoms with Gasteiger partial charge in [-0.15, -0.1) is 11.3 Å². The molecule has 1 aromatic rings. The molecular weight excluding hydrogens is 303 g/mol. The highest BCUT2D eigenvalue weighted by Gasteiger charge is 2.10. The first-order valence-electron chi connectivity index (χ1n) is 2.26. The van der Waals surface area contributed by atoms with Gasteiger partial charge in [0.25, 0.3) is 5.24 Å². The number of hydrogen-bond acceptors (Lipinski definition) is 2. The van der Waals surface area contributed by atoms with Gasteiger partial charge >= 0.3 is 0 Å². The predicted molar refractivity (Wildman–Crippen MR) is 49.9 cm³/mol. The maximum atomic E-state index is 10.6. The van der Waals surface area contributed by atoms with Gasteiger partial charge in [0.1, 0.15) is 0 Å². The molecule has 0 saturated carbocycles. The number of hydrogen-bond donors (Lipinski definition) is 0. The summed E-state index contributed by atoms with van der Waals surface area (Å²) in [4.78, 5) is 10.6. The Balaban J connectivity index is 3.15. The fourth-order valence-corrected chi connectivity index (χ4v) is 3.59. The van der Waals surface area contributed by atoms with Crippen molar-refractivity contribution in [2.75, 3.05) is 0 Å². The molecule has 0 N–H and O–H groups in total. The molecule has 0 fully saturated rings. The highest BCUT2D eigenvalue weighted by molar-refractivity contribution is 9.12. The zero-order valence-electron chi connectivity index (χ0n) is 4.53. The maximum Gasteiger partial charge on any atom is 0.254 e. The van der Waals surface area contributed by atoms with Crippen molar-refractivity contribution >= 4 is 60.0 Å². The summed E-state index contributed by atoms with van der Waals surface area (Å²) in [5, 5.41) is -0.436. The fourth-order valence-electron chi connectivity index (χ4n) is 0.474. The molecule has 0 spiro atoms. The third-order valence-corrected chi connectivity index (χ3v) is 3.41. The van der Waals surface area contributed by atoms with E-state index in [-0.39, 0.29) is 0 Å². The maximum absolute atomic E-state index is 10.6. The van der Waals surface area contributed by atoms with Crippen molar-refractivity contribution in [3.05, 3.63) is 19.2 Å². The second-order valence-corrected chi connectivity index (χ2v) is 5.60. The van der Waals surface area contributed by atoms with Crippen LogP contribution in [0.4, 0.5) is 0 Å². The summed E-state index contributed by atoms with van der Waals surface area (Å²) < 4.78 is 1.66. The van der Waals surface area contributed by atoms with Crippen LogP contribution in [0.1, 0.15) is 10.4 Å². The van der Waals surface area contributed by atoms with Gasteiger partial charge in [0, 0.05) is 0 Å². The van der Waals surface area contributed by atoms with E-state index < -0.39 is 5.24 Å². The van der Waals surface area contributed by atoms with E-state index in [0.717, 1.165) is 7.57 Å². The van der Waals surface area contributed by atoms with E-state index in [0.29, 0.717) is 5.56 Å². The largest absolute Gasteiger partial charge is 0.276 e. The van der Waals surface area contributed by atoms with Gasteiger partial charge in [-0.05, 0) is 49.5 Å². The zero-order valence-corrected chi connectivity index (χ0v) is 9.27. The molecule has 0 aliphatic heterocycles. The van der Waals surface area contributed by atoms with Crippen molar-refractivity contribution in [2.24, 2.45) is 0 Å². The average molecular weight is 304 g/mol. The van der Waals surface area contributed by atoms with Crippen molar-refractivity contribution in [2.45, 2.75) is 0 Å². The number of halogens is 3. The molecule has 0 aliphatic rings. The molecule has 5 heteroatoms. The minimum Gasteiger partial charge on any atom is -0.276 e. The van der Waals surface area contributed by atoms with E-state index in [1.165, 1.54) is 11.3 Å². The lowest BCUT2D eigenvalue weighted by molar-refractivity contribution is 0.108. The lowest BCUT2D eigenvalue weighted by Crippen LogP contribution is -1.83. The van der Waals surface area contributed by atoms with Gasteiger partial charge in [-0.2, -0.15) is 0 Å². The Hall–Kier alpha value is 0.620. The van der Waals surface area contributed by atoms with Crippen molar-refractivity contribution in [1.82, 2.24) is 0 Å². The van der Waals surface area contributed by atoms with Crippen molar-refractivity contribution < 1.29 is 4.79 Å². The van der Waals surface area contributed by atoms with Gasteiger partial charge in [-0.1, -0.05) is 0 Å². The number of carbonyl (C=O) groups excluding carboxylic acids is 1. The van der Waals surface area contributed by atoms with E-state index in [2.05, 4.69) is 31.9 Å². The van der Waals surface area contributed by atoms with E-state index in [1.54, 1.807) is 6.07 Å². The number of carbonyl (C=O) groups is 1. The molecule has 0 atom stereocenters. The SMILES string of the molecule is O=C(Cl)c1cc(Br)sc1Br.